The molecule has 8 heteroatoms. The summed E-state index contributed by atoms with van der Waals surface area (Å²) in [6.45, 7) is 5.44. The number of allylic oxidation sites excluding steroid dienone is 1. The van der Waals surface area contributed by atoms with Crippen molar-refractivity contribution >= 4 is 39.1 Å². The van der Waals surface area contributed by atoms with E-state index in [9.17, 15) is 5.11 Å². The number of fused-ring (bicyclic) bond motifs is 3. The second-order valence-electron chi connectivity index (χ2n) is 8.79. The van der Waals surface area contributed by atoms with E-state index in [1.807, 2.05) is 54.6 Å². The summed E-state index contributed by atoms with van der Waals surface area (Å²) in [4.78, 5) is 3.40. The van der Waals surface area contributed by atoms with Gasteiger partial charge < -0.3 is 24.9 Å². The van der Waals surface area contributed by atoms with E-state index in [0.29, 0.717) is 30.5 Å². The van der Waals surface area contributed by atoms with Gasteiger partial charge in [-0.05, 0) is 54.8 Å². The number of aromatic nitrogens is 1. The van der Waals surface area contributed by atoms with Crippen molar-refractivity contribution in [2.45, 2.75) is 18.9 Å². The number of halogens is 1. The third-order valence-electron chi connectivity index (χ3n) is 6.12. The Kier molecular flexibility index (Phi) is 7.41. The summed E-state index contributed by atoms with van der Waals surface area (Å²) in [6, 6.07) is 19.7. The Labute approximate surface area is 214 Å². The molecule has 0 unspecified atom stereocenters. The molecule has 36 heavy (non-hydrogen) atoms. The van der Waals surface area contributed by atoms with Crippen molar-refractivity contribution < 1.29 is 14.6 Å². The van der Waals surface area contributed by atoms with Crippen LogP contribution in [0.2, 0.25) is 5.02 Å². The van der Waals surface area contributed by atoms with Crippen molar-refractivity contribution in [3.8, 4) is 11.5 Å². The molecule has 0 saturated carbocycles. The van der Waals surface area contributed by atoms with Gasteiger partial charge in [0.05, 0.1) is 16.3 Å². The van der Waals surface area contributed by atoms with Crippen LogP contribution in [0.25, 0.3) is 21.8 Å². The number of nitrogens with one attached hydrogen (secondary N) is 3. The molecule has 2 heterocycles. The fraction of sp³-hybridized carbons (Fsp3) is 0.250. The van der Waals surface area contributed by atoms with Gasteiger partial charge in [0.25, 0.3) is 0 Å². The minimum atomic E-state index is -0.658. The number of benzene rings is 3. The molecule has 0 aliphatic carbocycles. The van der Waals surface area contributed by atoms with Crippen LogP contribution in [-0.2, 0) is 0 Å². The van der Waals surface area contributed by atoms with Crippen molar-refractivity contribution in [1.82, 2.24) is 15.7 Å². The van der Waals surface area contributed by atoms with E-state index < -0.39 is 6.10 Å². The number of hydrogen-bond donors (Lipinski definition) is 4. The van der Waals surface area contributed by atoms with Crippen LogP contribution in [0.3, 0.4) is 0 Å². The van der Waals surface area contributed by atoms with Gasteiger partial charge in [-0.25, -0.2) is 0 Å². The molecule has 0 spiro atoms. The van der Waals surface area contributed by atoms with Crippen LogP contribution in [0.5, 0.6) is 11.5 Å². The van der Waals surface area contributed by atoms with Gasteiger partial charge in [0.15, 0.2) is 0 Å². The molecule has 0 fully saturated rings. The zero-order valence-electron chi connectivity index (χ0n) is 19.9. The van der Waals surface area contributed by atoms with Gasteiger partial charge in [0.1, 0.15) is 30.8 Å². The molecule has 1 aromatic heterocycles. The van der Waals surface area contributed by atoms with E-state index in [2.05, 4.69) is 33.5 Å². The summed E-state index contributed by atoms with van der Waals surface area (Å²) in [5.74, 6) is 1.37. The van der Waals surface area contributed by atoms with Crippen molar-refractivity contribution in [3.63, 3.8) is 0 Å². The van der Waals surface area contributed by atoms with Crippen LogP contribution in [0.4, 0.5) is 0 Å². The number of hydrazone groups is 1. The highest BCUT2D eigenvalue weighted by molar-refractivity contribution is 6.32. The number of hydrogen-bond acceptors (Lipinski definition) is 6. The van der Waals surface area contributed by atoms with Gasteiger partial charge in [-0.15, -0.1) is 0 Å². The molecular formula is C28H29ClN4O3. The van der Waals surface area contributed by atoms with E-state index in [0.717, 1.165) is 57.4 Å². The lowest BCUT2D eigenvalue weighted by molar-refractivity contribution is 0.106. The summed E-state index contributed by atoms with van der Waals surface area (Å²) >= 11 is 6.41. The highest BCUT2D eigenvalue weighted by atomic mass is 35.5. The normalized spacial score (nSPS) is 14.5. The van der Waals surface area contributed by atoms with Crippen LogP contribution in [0, 0.1) is 0 Å². The fourth-order valence-corrected chi connectivity index (χ4v) is 4.50. The van der Waals surface area contributed by atoms with Crippen molar-refractivity contribution in [2.24, 2.45) is 5.10 Å². The van der Waals surface area contributed by atoms with Crippen molar-refractivity contribution in [2.75, 3.05) is 26.3 Å². The smallest absolute Gasteiger partial charge is 0.137 e. The minimum Gasteiger partial charge on any atom is -0.491 e. The predicted molar refractivity (Wildman–Crippen MR) is 145 cm³/mol. The average Bonchev–Trinajstić information content (AvgIpc) is 3.28. The Bertz CT molecular complexity index is 1410. The minimum absolute atomic E-state index is 0.186. The molecule has 186 valence electrons. The first-order valence-corrected chi connectivity index (χ1v) is 12.4. The highest BCUT2D eigenvalue weighted by Crippen LogP contribution is 2.33. The van der Waals surface area contributed by atoms with Gasteiger partial charge in [-0.3, -0.25) is 5.43 Å². The lowest BCUT2D eigenvalue weighted by atomic mass is 10.0. The number of aliphatic hydroxyl groups is 1. The van der Waals surface area contributed by atoms with E-state index in [1.54, 1.807) is 0 Å². The quantitative estimate of drug-likeness (QED) is 0.229. The Balaban J connectivity index is 1.07. The lowest BCUT2D eigenvalue weighted by Crippen LogP contribution is -2.33. The second kappa shape index (κ2) is 11.0. The number of nitrogens with zero attached hydrogens (tertiary/aromatic N) is 1. The zero-order valence-corrected chi connectivity index (χ0v) is 20.6. The second-order valence-corrected chi connectivity index (χ2v) is 9.19. The molecule has 4 N–H and O–H groups in total. The van der Waals surface area contributed by atoms with Gasteiger partial charge in [0, 0.05) is 35.1 Å². The van der Waals surface area contributed by atoms with Crippen LogP contribution in [0.1, 0.15) is 18.4 Å². The maximum Gasteiger partial charge on any atom is 0.137 e. The summed E-state index contributed by atoms with van der Waals surface area (Å²) in [7, 11) is 0. The monoisotopic (exact) mass is 504 g/mol. The first kappa shape index (κ1) is 24.2. The molecule has 0 radical (unpaired) electrons. The maximum atomic E-state index is 10.4. The number of H-pyrrole nitrogens is 1. The predicted octanol–water partition coefficient (Wildman–Crippen LogP) is 4.98. The number of para-hydroxylation sites is 1. The number of rotatable bonds is 10. The topological polar surface area (TPSA) is 90.9 Å². The van der Waals surface area contributed by atoms with E-state index in [4.69, 9.17) is 21.1 Å². The fourth-order valence-electron chi connectivity index (χ4n) is 4.27. The third-order valence-corrected chi connectivity index (χ3v) is 6.41. The van der Waals surface area contributed by atoms with Gasteiger partial charge in [-0.2, -0.15) is 5.10 Å². The summed E-state index contributed by atoms with van der Waals surface area (Å²) in [6.07, 6.45) is 1.03. The largest absolute Gasteiger partial charge is 0.491 e. The highest BCUT2D eigenvalue weighted by Gasteiger charge is 2.13. The van der Waals surface area contributed by atoms with E-state index in [1.165, 1.54) is 0 Å². The van der Waals surface area contributed by atoms with Crippen LogP contribution in [0.15, 0.2) is 78.0 Å². The van der Waals surface area contributed by atoms with Crippen molar-refractivity contribution in [1.29, 1.82) is 0 Å². The molecular weight excluding hydrogens is 476 g/mol. The molecule has 0 saturated heterocycles. The van der Waals surface area contributed by atoms with Crippen LogP contribution < -0.4 is 20.2 Å². The zero-order chi connectivity index (χ0) is 24.9. The lowest BCUT2D eigenvalue weighted by Gasteiger charge is -2.16. The number of aliphatic hydroxyl groups excluding tert-OH is 1. The third kappa shape index (κ3) is 5.49. The van der Waals surface area contributed by atoms with Crippen LogP contribution in [-0.4, -0.2) is 48.2 Å². The molecule has 1 aliphatic heterocycles. The first-order valence-electron chi connectivity index (χ1n) is 12.0. The van der Waals surface area contributed by atoms with Gasteiger partial charge in [-0.1, -0.05) is 42.4 Å². The number of ether oxygens (including phenoxy) is 2. The summed E-state index contributed by atoms with van der Waals surface area (Å²) in [5.41, 5.74) is 7.85. The maximum absolute atomic E-state index is 10.4. The SMILES string of the molecule is C=C1CCC(c2ccc(OCCNC[C@H](O)COc3cccc4[nH]c5ccccc5c34)c(Cl)c2)=NN1. The van der Waals surface area contributed by atoms with E-state index >= 15 is 0 Å². The first-order chi connectivity index (χ1) is 17.6. The standard InChI is InChI=1S/C28H29ClN4O3/c1-18-9-11-23(33-32-18)19-10-12-26(22(29)15-19)35-14-13-30-16-20(34)17-36-27-8-4-7-25-28(27)21-5-2-3-6-24(21)31-25/h2-8,10,12,15,20,30-32,34H,1,9,11,13-14,16-17H2/t20-/m0/s1. The average molecular weight is 505 g/mol. The Morgan fingerprint density at radius 3 is 2.72 bits per heavy atom. The van der Waals surface area contributed by atoms with Crippen LogP contribution >= 0.6 is 11.6 Å². The Morgan fingerprint density at radius 2 is 1.89 bits per heavy atom. The summed E-state index contributed by atoms with van der Waals surface area (Å²) in [5, 5.41) is 20.6. The molecule has 3 aromatic carbocycles. The van der Waals surface area contributed by atoms with Gasteiger partial charge >= 0.3 is 0 Å². The molecule has 0 bridgehead atoms. The van der Waals surface area contributed by atoms with Gasteiger partial charge in [0.2, 0.25) is 0 Å². The Hall–Kier alpha value is -3.52. The summed E-state index contributed by atoms with van der Waals surface area (Å²) < 4.78 is 11.8. The molecule has 1 atom stereocenters. The molecule has 4 aromatic rings. The van der Waals surface area contributed by atoms with Crippen molar-refractivity contribution in [3.05, 3.63) is 83.5 Å². The number of aromatic amines is 1. The molecule has 1 aliphatic rings. The molecule has 7 nitrogen and oxygen atoms in total. The Morgan fingerprint density at radius 1 is 1.03 bits per heavy atom. The van der Waals surface area contributed by atoms with E-state index in [-0.39, 0.29) is 6.61 Å². The molecule has 0 amide bonds. The molecule has 5 rings (SSSR count).